The van der Waals surface area contributed by atoms with Crippen molar-refractivity contribution >= 4 is 37.6 Å². The first-order valence-electron chi connectivity index (χ1n) is 13.4. The van der Waals surface area contributed by atoms with Crippen molar-refractivity contribution in [3.05, 3.63) is 44.8 Å². The maximum atomic E-state index is 12.6. The molecule has 3 N–H and O–H groups in total. The molecule has 2 heterocycles. The lowest BCUT2D eigenvalue weighted by Crippen LogP contribution is -2.50. The molecule has 1 saturated carbocycles. The van der Waals surface area contributed by atoms with Gasteiger partial charge in [-0.1, -0.05) is 56.1 Å². The molecule has 3 rings (SSSR count). The van der Waals surface area contributed by atoms with Crippen molar-refractivity contribution in [2.75, 3.05) is 6.61 Å². The Morgan fingerprint density at radius 2 is 2.03 bits per heavy atom. The fourth-order valence-corrected chi connectivity index (χ4v) is 11.4. The van der Waals surface area contributed by atoms with Crippen LogP contribution in [0.25, 0.3) is 0 Å². The first-order chi connectivity index (χ1) is 17.9. The normalized spacial score (nSPS) is 32.8. The lowest BCUT2D eigenvalue weighted by molar-refractivity contribution is -0.0499. The molecule has 1 saturated heterocycles. The van der Waals surface area contributed by atoms with E-state index < -0.39 is 61.1 Å². The first-order valence-corrected chi connectivity index (χ1v) is 20.4. The van der Waals surface area contributed by atoms with Gasteiger partial charge in [-0.2, -0.15) is 0 Å². The molecule has 1 aromatic heterocycles. The number of nitrogens with one attached hydrogen (secondary N) is 1. The fourth-order valence-electron chi connectivity index (χ4n) is 4.72. The highest BCUT2D eigenvalue weighted by atomic mass is 32.9. The van der Waals surface area contributed by atoms with Gasteiger partial charge in [0.05, 0.1) is 12.7 Å². The number of aromatic nitrogens is 2. The number of ether oxygens (including phenoxy) is 1. The van der Waals surface area contributed by atoms with E-state index in [2.05, 4.69) is 45.4 Å². The molecule has 0 amide bonds. The third-order valence-electron chi connectivity index (χ3n) is 8.55. The third kappa shape index (κ3) is 7.45. The highest BCUT2D eigenvalue weighted by molar-refractivity contribution is 8.63. The molecule has 0 bridgehead atoms. The second-order valence-corrected chi connectivity index (χ2v) is 23.0. The molecule has 2 aliphatic rings. The van der Waals surface area contributed by atoms with Gasteiger partial charge in [-0.15, -0.1) is 0 Å². The summed E-state index contributed by atoms with van der Waals surface area (Å²) in [5.74, 6) is 0.314. The number of rotatable bonds is 9. The van der Waals surface area contributed by atoms with Crippen LogP contribution < -0.4 is 11.2 Å². The summed E-state index contributed by atoms with van der Waals surface area (Å²) in [6.45, 7) is 20.3. The predicted octanol–water partition coefficient (Wildman–Crippen LogP) is 4.25. The van der Waals surface area contributed by atoms with Gasteiger partial charge in [0.1, 0.15) is 24.4 Å². The Kier molecular flexibility index (Phi) is 10.4. The van der Waals surface area contributed by atoms with E-state index in [4.69, 9.17) is 25.5 Å². The molecule has 39 heavy (non-hydrogen) atoms. The quantitative estimate of drug-likeness (QED) is 0.211. The minimum atomic E-state index is -2.35. The Bertz CT molecular complexity index is 1200. The zero-order chi connectivity index (χ0) is 29.5. The van der Waals surface area contributed by atoms with E-state index in [1.165, 1.54) is 22.1 Å². The summed E-state index contributed by atoms with van der Waals surface area (Å²) in [5, 5.41) is 22.1. The standard InChI is InChI=1S/C26H45N2O7PS2Si/c1-15(2)17-10-11-26(7,19(29)12-17)38-36(37)33-14-18-21(35-39(8,9)25(4,5)6)20(30)23(34-18)28-13-16(3)22(31)27-24(28)32/h13,17-21,23,29-30,36H,1,10-12,14H2,2-9H3,(H,27,31,32)/t17-,18+,19+,20+,21?,23+,26+/m0/s1. The number of nitrogens with zero attached hydrogens (tertiary/aromatic N) is 1. The van der Waals surface area contributed by atoms with Crippen molar-refractivity contribution in [2.24, 2.45) is 5.92 Å². The maximum Gasteiger partial charge on any atom is 0.330 e. The fraction of sp³-hybridized carbons (Fsp3) is 0.769. The van der Waals surface area contributed by atoms with Crippen LogP contribution in [0.3, 0.4) is 0 Å². The van der Waals surface area contributed by atoms with Crippen molar-refractivity contribution < 1.29 is 23.9 Å². The second kappa shape index (κ2) is 12.4. The Hall–Kier alpha value is -0.563. The van der Waals surface area contributed by atoms with E-state index in [9.17, 15) is 19.8 Å². The Labute approximate surface area is 242 Å². The van der Waals surface area contributed by atoms with Crippen LogP contribution in [0.2, 0.25) is 18.1 Å². The molecule has 2 fully saturated rings. The molecule has 1 aromatic rings. The van der Waals surface area contributed by atoms with E-state index in [1.807, 2.05) is 13.8 Å². The first kappa shape index (κ1) is 32.9. The number of hydrogen-bond acceptors (Lipinski definition) is 9. The Morgan fingerprint density at radius 3 is 2.59 bits per heavy atom. The van der Waals surface area contributed by atoms with Crippen LogP contribution >= 0.6 is 17.5 Å². The van der Waals surface area contributed by atoms with Crippen molar-refractivity contribution in [1.29, 1.82) is 0 Å². The SMILES string of the molecule is C=C(C)[C@H]1CC[C@@](C)(S[PH](=S)OC[C@H]2O[C@@H](n3cc(C)c(=O)[nH]c3=O)[C@H](O)C2O[Si](C)(C)C(C)(C)C)[C@H](O)C1. The van der Waals surface area contributed by atoms with E-state index in [-0.39, 0.29) is 11.6 Å². The average molecular weight is 621 g/mol. The molecule has 1 aliphatic heterocycles. The average Bonchev–Trinajstić information content (AvgIpc) is 3.10. The highest BCUT2D eigenvalue weighted by Crippen LogP contribution is 2.55. The molecule has 1 aliphatic carbocycles. The smallest absolute Gasteiger partial charge is 0.330 e. The summed E-state index contributed by atoms with van der Waals surface area (Å²) < 4.78 is 19.8. The van der Waals surface area contributed by atoms with Crippen LogP contribution in [0, 0.1) is 12.8 Å². The molecule has 0 aromatic carbocycles. The van der Waals surface area contributed by atoms with Crippen LogP contribution in [0.4, 0.5) is 0 Å². The molecule has 222 valence electrons. The summed E-state index contributed by atoms with van der Waals surface area (Å²) in [5.41, 5.74) is 0.268. The second-order valence-electron chi connectivity index (χ2n) is 12.7. The van der Waals surface area contributed by atoms with Crippen LogP contribution in [0.5, 0.6) is 0 Å². The van der Waals surface area contributed by atoms with Crippen LogP contribution in [0.1, 0.15) is 65.7 Å². The van der Waals surface area contributed by atoms with Crippen LogP contribution in [-0.2, 0) is 25.5 Å². The summed E-state index contributed by atoms with van der Waals surface area (Å²) in [6, 6.07) is 0. The number of aryl methyl sites for hydroxylation is 1. The lowest BCUT2D eigenvalue weighted by atomic mass is 9.77. The maximum absolute atomic E-state index is 12.6. The largest absolute Gasteiger partial charge is 0.408 e. The molecule has 8 atom stereocenters. The van der Waals surface area contributed by atoms with Crippen molar-refractivity contribution in [3.63, 3.8) is 0 Å². The summed E-state index contributed by atoms with van der Waals surface area (Å²) in [7, 11) is -2.35. The molecular formula is C26H45N2O7PS2Si. The molecular weight excluding hydrogens is 575 g/mol. The zero-order valence-corrected chi connectivity index (χ0v) is 27.9. The van der Waals surface area contributed by atoms with Gasteiger partial charge in [-0.3, -0.25) is 14.3 Å². The van der Waals surface area contributed by atoms with E-state index in [0.29, 0.717) is 17.9 Å². The summed E-state index contributed by atoms with van der Waals surface area (Å²) in [6.07, 6.45) is -2.16. The van der Waals surface area contributed by atoms with Gasteiger partial charge < -0.3 is 23.9 Å². The van der Waals surface area contributed by atoms with Gasteiger partial charge in [-0.05, 0) is 64.1 Å². The van der Waals surface area contributed by atoms with Gasteiger partial charge >= 0.3 is 5.69 Å². The van der Waals surface area contributed by atoms with Crippen molar-refractivity contribution in [3.8, 4) is 0 Å². The highest BCUT2D eigenvalue weighted by Gasteiger charge is 2.51. The number of hydrogen-bond donors (Lipinski definition) is 3. The van der Waals surface area contributed by atoms with Gasteiger partial charge in [0.25, 0.3) is 5.56 Å². The summed E-state index contributed by atoms with van der Waals surface area (Å²) in [4.78, 5) is 26.8. The number of aliphatic hydroxyl groups excluding tert-OH is 2. The Balaban J connectivity index is 1.78. The summed E-state index contributed by atoms with van der Waals surface area (Å²) >= 11 is 7.26. The number of H-pyrrole nitrogens is 1. The molecule has 2 unspecified atom stereocenters. The van der Waals surface area contributed by atoms with Crippen LogP contribution in [-0.4, -0.2) is 63.9 Å². The van der Waals surface area contributed by atoms with Gasteiger partial charge in [0.2, 0.25) is 0 Å². The van der Waals surface area contributed by atoms with Gasteiger partial charge in [0.15, 0.2) is 14.5 Å². The predicted molar refractivity (Wildman–Crippen MR) is 164 cm³/mol. The van der Waals surface area contributed by atoms with Crippen molar-refractivity contribution in [1.82, 2.24) is 9.55 Å². The van der Waals surface area contributed by atoms with E-state index >= 15 is 0 Å². The zero-order valence-electron chi connectivity index (χ0n) is 24.3. The number of aliphatic hydroxyl groups is 2. The third-order valence-corrected chi connectivity index (χ3v) is 17.9. The molecule has 0 radical (unpaired) electrons. The van der Waals surface area contributed by atoms with E-state index in [1.54, 1.807) is 6.92 Å². The monoisotopic (exact) mass is 620 g/mol. The lowest BCUT2D eigenvalue weighted by Gasteiger charge is -2.41. The van der Waals surface area contributed by atoms with Gasteiger partial charge in [0, 0.05) is 16.5 Å². The minimum Gasteiger partial charge on any atom is -0.408 e. The number of aromatic amines is 1. The van der Waals surface area contributed by atoms with E-state index in [0.717, 1.165) is 18.4 Å². The topological polar surface area (TPSA) is 123 Å². The molecule has 9 nitrogen and oxygen atoms in total. The minimum absolute atomic E-state index is 0.0787. The molecule has 0 spiro atoms. The molecule has 13 heteroatoms. The van der Waals surface area contributed by atoms with Crippen molar-refractivity contribution in [2.45, 2.75) is 114 Å². The van der Waals surface area contributed by atoms with Gasteiger partial charge in [-0.25, -0.2) is 4.79 Å². The van der Waals surface area contributed by atoms with Crippen LogP contribution in [0.15, 0.2) is 27.9 Å². The number of allylic oxidation sites excluding steroid dienone is 1. The Morgan fingerprint density at radius 1 is 1.38 bits per heavy atom.